The lowest BCUT2D eigenvalue weighted by atomic mass is 9.84. The molecule has 0 radical (unpaired) electrons. The Hall–Kier alpha value is -3.28. The molecule has 2 N–H and O–H groups in total. The Kier molecular flexibility index (Phi) is 7.34. The Morgan fingerprint density at radius 1 is 1.03 bits per heavy atom. The van der Waals surface area contributed by atoms with Gasteiger partial charge in [-0.2, -0.15) is 0 Å². The molecule has 0 fully saturated rings. The van der Waals surface area contributed by atoms with E-state index < -0.39 is 0 Å². The molecule has 3 aromatic rings. The van der Waals surface area contributed by atoms with Crippen LogP contribution in [0.5, 0.6) is 0 Å². The molecule has 1 amide bonds. The molecule has 0 atom stereocenters. The Bertz CT molecular complexity index is 1000. The van der Waals surface area contributed by atoms with Gasteiger partial charge in [-0.05, 0) is 48.4 Å². The SMILES string of the molecule is CCCCNC(=O)c1cccc(-c2ccc(NCC(C)(C)c3ccc(F)cc3)nn2)c1. The summed E-state index contributed by atoms with van der Waals surface area (Å²) in [5, 5.41) is 14.8. The van der Waals surface area contributed by atoms with E-state index in [0.717, 1.165) is 24.0 Å². The van der Waals surface area contributed by atoms with Crippen LogP contribution in [0, 0.1) is 5.82 Å². The average molecular weight is 421 g/mol. The maximum Gasteiger partial charge on any atom is 0.251 e. The van der Waals surface area contributed by atoms with Crippen LogP contribution in [0.4, 0.5) is 10.2 Å². The lowest BCUT2D eigenvalue weighted by Gasteiger charge is -2.25. The van der Waals surface area contributed by atoms with E-state index in [1.807, 2.05) is 30.3 Å². The van der Waals surface area contributed by atoms with Crippen LogP contribution in [-0.4, -0.2) is 29.2 Å². The minimum absolute atomic E-state index is 0.0791. The number of nitrogens with one attached hydrogen (secondary N) is 2. The first-order valence-corrected chi connectivity index (χ1v) is 10.6. The van der Waals surface area contributed by atoms with Crippen LogP contribution in [0.3, 0.4) is 0 Å². The van der Waals surface area contributed by atoms with Gasteiger partial charge < -0.3 is 10.6 Å². The number of hydrogen-bond acceptors (Lipinski definition) is 4. The zero-order valence-corrected chi connectivity index (χ0v) is 18.3. The number of carbonyl (C=O) groups is 1. The molecule has 0 aliphatic heterocycles. The molecule has 0 saturated heterocycles. The Labute approximate surface area is 183 Å². The number of amides is 1. The largest absolute Gasteiger partial charge is 0.368 e. The van der Waals surface area contributed by atoms with Crippen LogP contribution in [0.25, 0.3) is 11.3 Å². The third-order valence-electron chi connectivity index (χ3n) is 5.24. The van der Waals surface area contributed by atoms with Crippen LogP contribution in [0.1, 0.15) is 49.5 Å². The summed E-state index contributed by atoms with van der Waals surface area (Å²) in [4.78, 5) is 12.3. The van der Waals surface area contributed by atoms with Gasteiger partial charge in [0.25, 0.3) is 5.91 Å². The second-order valence-electron chi connectivity index (χ2n) is 8.24. The number of hydrogen-bond donors (Lipinski definition) is 2. The van der Waals surface area contributed by atoms with Gasteiger partial charge in [-0.3, -0.25) is 4.79 Å². The summed E-state index contributed by atoms with van der Waals surface area (Å²) in [6.07, 6.45) is 2.00. The van der Waals surface area contributed by atoms with Crippen molar-refractivity contribution < 1.29 is 9.18 Å². The first-order valence-electron chi connectivity index (χ1n) is 10.6. The number of nitrogens with zero attached hydrogens (tertiary/aromatic N) is 2. The molecule has 0 unspecified atom stereocenters. The summed E-state index contributed by atoms with van der Waals surface area (Å²) in [5.74, 6) is 0.341. The molecule has 0 aliphatic rings. The van der Waals surface area contributed by atoms with Crippen LogP contribution in [-0.2, 0) is 5.41 Å². The average Bonchev–Trinajstić information content (AvgIpc) is 2.78. The highest BCUT2D eigenvalue weighted by atomic mass is 19.1. The Morgan fingerprint density at radius 3 is 2.48 bits per heavy atom. The number of unbranched alkanes of at least 4 members (excludes halogenated alkanes) is 1. The number of halogens is 1. The monoisotopic (exact) mass is 420 g/mol. The van der Waals surface area contributed by atoms with Gasteiger partial charge in [0.05, 0.1) is 5.69 Å². The standard InChI is InChI=1S/C25H29FN4O/c1-4-5-15-27-24(31)19-8-6-7-18(16-19)22-13-14-23(30-29-22)28-17-25(2,3)20-9-11-21(26)12-10-20/h6-14,16H,4-5,15,17H2,1-3H3,(H,27,31)(H,28,30). The molecule has 0 spiro atoms. The predicted molar refractivity (Wildman–Crippen MR) is 123 cm³/mol. The number of anilines is 1. The van der Waals surface area contributed by atoms with Gasteiger partial charge in [0, 0.05) is 29.6 Å². The van der Waals surface area contributed by atoms with Crippen molar-refractivity contribution in [1.29, 1.82) is 0 Å². The summed E-state index contributed by atoms with van der Waals surface area (Å²) in [6.45, 7) is 7.57. The second-order valence-corrected chi connectivity index (χ2v) is 8.24. The summed E-state index contributed by atoms with van der Waals surface area (Å²) in [7, 11) is 0. The molecule has 2 aromatic carbocycles. The summed E-state index contributed by atoms with van der Waals surface area (Å²) < 4.78 is 13.2. The zero-order chi connectivity index (χ0) is 22.3. The first kappa shape index (κ1) is 22.4. The summed E-state index contributed by atoms with van der Waals surface area (Å²) >= 11 is 0. The van der Waals surface area contributed by atoms with E-state index >= 15 is 0 Å². The first-order chi connectivity index (χ1) is 14.9. The Balaban J connectivity index is 1.64. The molecule has 1 heterocycles. The van der Waals surface area contributed by atoms with E-state index in [9.17, 15) is 9.18 Å². The maximum absolute atomic E-state index is 13.2. The third kappa shape index (κ3) is 6.10. The van der Waals surface area contributed by atoms with Crippen molar-refractivity contribution >= 4 is 11.7 Å². The summed E-state index contributed by atoms with van der Waals surface area (Å²) in [6, 6.07) is 17.7. The summed E-state index contributed by atoms with van der Waals surface area (Å²) in [5.41, 5.74) is 2.99. The van der Waals surface area contributed by atoms with Crippen LogP contribution in [0.2, 0.25) is 0 Å². The number of rotatable bonds is 9. The molecule has 3 rings (SSSR count). The predicted octanol–water partition coefficient (Wildman–Crippen LogP) is 5.20. The van der Waals surface area contributed by atoms with Gasteiger partial charge in [-0.15, -0.1) is 10.2 Å². The molecule has 162 valence electrons. The van der Waals surface area contributed by atoms with Gasteiger partial charge in [-0.25, -0.2) is 4.39 Å². The second kappa shape index (κ2) is 10.2. The van der Waals surface area contributed by atoms with Crippen molar-refractivity contribution in [3.8, 4) is 11.3 Å². The fourth-order valence-corrected chi connectivity index (χ4v) is 3.20. The van der Waals surface area contributed by atoms with Gasteiger partial charge in [0.1, 0.15) is 11.6 Å². The molecule has 31 heavy (non-hydrogen) atoms. The molecule has 1 aromatic heterocycles. The van der Waals surface area contributed by atoms with E-state index in [-0.39, 0.29) is 17.1 Å². The van der Waals surface area contributed by atoms with Gasteiger partial charge in [-0.1, -0.05) is 51.5 Å². The smallest absolute Gasteiger partial charge is 0.251 e. The highest BCUT2D eigenvalue weighted by Crippen LogP contribution is 2.24. The van der Waals surface area contributed by atoms with E-state index in [1.54, 1.807) is 18.2 Å². The van der Waals surface area contributed by atoms with Gasteiger partial charge in [0.2, 0.25) is 0 Å². The highest BCUT2D eigenvalue weighted by molar-refractivity contribution is 5.95. The third-order valence-corrected chi connectivity index (χ3v) is 5.24. The number of carbonyl (C=O) groups excluding carboxylic acids is 1. The van der Waals surface area contributed by atoms with Crippen molar-refractivity contribution in [3.63, 3.8) is 0 Å². The molecular weight excluding hydrogens is 391 g/mol. The van der Waals surface area contributed by atoms with Crippen molar-refractivity contribution in [1.82, 2.24) is 15.5 Å². The number of aromatic nitrogens is 2. The lowest BCUT2D eigenvalue weighted by Crippen LogP contribution is -2.28. The van der Waals surface area contributed by atoms with Crippen molar-refractivity contribution in [2.24, 2.45) is 0 Å². The van der Waals surface area contributed by atoms with E-state index in [2.05, 4.69) is 41.6 Å². The van der Waals surface area contributed by atoms with Crippen molar-refractivity contribution in [2.45, 2.75) is 39.0 Å². The fourth-order valence-electron chi connectivity index (χ4n) is 3.20. The quantitative estimate of drug-likeness (QED) is 0.467. The molecule has 0 saturated carbocycles. The molecule has 0 aliphatic carbocycles. The van der Waals surface area contributed by atoms with Gasteiger partial charge in [0.15, 0.2) is 0 Å². The van der Waals surface area contributed by atoms with Crippen LogP contribution < -0.4 is 10.6 Å². The molecule has 5 nitrogen and oxygen atoms in total. The Morgan fingerprint density at radius 2 is 1.81 bits per heavy atom. The minimum atomic E-state index is -0.239. The number of benzene rings is 2. The minimum Gasteiger partial charge on any atom is -0.368 e. The highest BCUT2D eigenvalue weighted by Gasteiger charge is 2.20. The molecule has 0 bridgehead atoms. The maximum atomic E-state index is 13.2. The van der Waals surface area contributed by atoms with E-state index in [0.29, 0.717) is 30.2 Å². The lowest BCUT2D eigenvalue weighted by molar-refractivity contribution is 0.0953. The van der Waals surface area contributed by atoms with Crippen molar-refractivity contribution in [3.05, 3.63) is 77.6 Å². The van der Waals surface area contributed by atoms with Crippen LogP contribution >= 0.6 is 0 Å². The molecular formula is C25H29FN4O. The normalized spacial score (nSPS) is 11.2. The van der Waals surface area contributed by atoms with Crippen molar-refractivity contribution in [2.75, 3.05) is 18.4 Å². The van der Waals surface area contributed by atoms with Crippen LogP contribution in [0.15, 0.2) is 60.7 Å². The van der Waals surface area contributed by atoms with E-state index in [1.165, 1.54) is 12.1 Å². The fraction of sp³-hybridized carbons (Fsp3) is 0.320. The van der Waals surface area contributed by atoms with E-state index in [4.69, 9.17) is 0 Å². The topological polar surface area (TPSA) is 66.9 Å². The zero-order valence-electron chi connectivity index (χ0n) is 18.3. The van der Waals surface area contributed by atoms with Gasteiger partial charge >= 0.3 is 0 Å². The molecule has 6 heteroatoms.